The Morgan fingerprint density at radius 3 is 2.62 bits per heavy atom. The van der Waals surface area contributed by atoms with Crippen LogP contribution in [0.5, 0.6) is 0 Å². The Hall–Kier alpha value is -2.55. The van der Waals surface area contributed by atoms with Crippen LogP contribution in [-0.4, -0.2) is 65.9 Å². The van der Waals surface area contributed by atoms with Crippen molar-refractivity contribution in [1.29, 1.82) is 0 Å². The largest absolute Gasteiger partial charge is 0.352 e. The van der Waals surface area contributed by atoms with E-state index < -0.39 is 0 Å². The van der Waals surface area contributed by atoms with E-state index >= 15 is 0 Å². The van der Waals surface area contributed by atoms with Gasteiger partial charge in [0.2, 0.25) is 0 Å². The van der Waals surface area contributed by atoms with Gasteiger partial charge in [-0.15, -0.1) is 20.4 Å². The van der Waals surface area contributed by atoms with Gasteiger partial charge in [0.05, 0.1) is 11.9 Å². The fourth-order valence-corrected chi connectivity index (χ4v) is 3.18. The third-order valence-corrected chi connectivity index (χ3v) is 4.95. The molecule has 1 aliphatic rings. The first-order valence-electron chi connectivity index (χ1n) is 8.84. The van der Waals surface area contributed by atoms with Crippen LogP contribution in [0, 0.1) is 0 Å². The van der Waals surface area contributed by atoms with Gasteiger partial charge in [0, 0.05) is 38.1 Å². The quantitative estimate of drug-likeness (QED) is 0.687. The van der Waals surface area contributed by atoms with E-state index in [2.05, 4.69) is 58.1 Å². The lowest BCUT2D eigenvalue weighted by atomic mass is 9.96. The Balaban J connectivity index is 1.46. The van der Waals surface area contributed by atoms with E-state index in [1.165, 1.54) is 0 Å². The molecule has 1 aliphatic heterocycles. The number of fused-ring (bicyclic) bond motifs is 1. The van der Waals surface area contributed by atoms with Crippen LogP contribution >= 0.6 is 0 Å². The highest BCUT2D eigenvalue weighted by Gasteiger charge is 2.32. The molecule has 0 amide bonds. The third-order valence-electron chi connectivity index (χ3n) is 4.95. The Labute approximate surface area is 152 Å². The minimum absolute atomic E-state index is 0.0973. The Morgan fingerprint density at radius 2 is 1.96 bits per heavy atom. The Kier molecular flexibility index (Phi) is 3.91. The maximum absolute atomic E-state index is 4.78. The summed E-state index contributed by atoms with van der Waals surface area (Å²) < 4.78 is 3.69. The van der Waals surface area contributed by atoms with Crippen molar-refractivity contribution in [2.24, 2.45) is 7.05 Å². The lowest BCUT2D eigenvalue weighted by Crippen LogP contribution is -2.58. The van der Waals surface area contributed by atoms with Crippen molar-refractivity contribution in [3.05, 3.63) is 29.8 Å². The molecule has 9 nitrogen and oxygen atoms in total. The number of likely N-dealkylation sites (N-methyl/N-ethyl adjacent to an activating group) is 1. The molecular formula is C17H25N9. The van der Waals surface area contributed by atoms with Crippen LogP contribution in [0.1, 0.15) is 32.3 Å². The van der Waals surface area contributed by atoms with Crippen LogP contribution in [0.2, 0.25) is 0 Å². The zero-order valence-electron chi connectivity index (χ0n) is 16.0. The normalized spacial score (nSPS) is 15.8. The van der Waals surface area contributed by atoms with E-state index in [-0.39, 0.29) is 5.41 Å². The molecule has 1 fully saturated rings. The summed E-state index contributed by atoms with van der Waals surface area (Å²) in [5.41, 5.74) is 1.81. The number of anilines is 1. The maximum Gasteiger partial charge on any atom is 0.178 e. The number of aromatic nitrogens is 7. The summed E-state index contributed by atoms with van der Waals surface area (Å²) in [6.45, 7) is 9.12. The molecule has 0 radical (unpaired) electrons. The highest BCUT2D eigenvalue weighted by atomic mass is 15.4. The van der Waals surface area contributed by atoms with Gasteiger partial charge < -0.3 is 4.90 Å². The summed E-state index contributed by atoms with van der Waals surface area (Å²) in [6, 6.07) is 4.51. The number of aryl methyl sites for hydroxylation is 1. The van der Waals surface area contributed by atoms with Gasteiger partial charge in [-0.25, -0.2) is 0 Å². The lowest BCUT2D eigenvalue weighted by Gasteiger charge is -2.44. The first-order valence-corrected chi connectivity index (χ1v) is 8.84. The van der Waals surface area contributed by atoms with Crippen molar-refractivity contribution >= 4 is 11.5 Å². The Bertz CT molecular complexity index is 914. The van der Waals surface area contributed by atoms with Crippen LogP contribution in [0.3, 0.4) is 0 Å². The molecule has 4 rings (SSSR count). The van der Waals surface area contributed by atoms with E-state index in [4.69, 9.17) is 5.10 Å². The average Bonchev–Trinajstić information content (AvgIpc) is 3.11. The summed E-state index contributed by atoms with van der Waals surface area (Å²) in [5, 5.41) is 21.3. The van der Waals surface area contributed by atoms with Crippen LogP contribution in [0.4, 0.5) is 5.82 Å². The van der Waals surface area contributed by atoms with Crippen molar-refractivity contribution in [2.45, 2.75) is 38.8 Å². The van der Waals surface area contributed by atoms with Gasteiger partial charge in [-0.2, -0.15) is 4.52 Å². The topological polar surface area (TPSA) is 80.3 Å². The molecule has 0 N–H and O–H groups in total. The molecule has 3 aromatic rings. The van der Waals surface area contributed by atoms with Crippen molar-refractivity contribution in [3.63, 3.8) is 0 Å². The van der Waals surface area contributed by atoms with Gasteiger partial charge >= 0.3 is 0 Å². The molecule has 0 aliphatic carbocycles. The van der Waals surface area contributed by atoms with Crippen molar-refractivity contribution in [1.82, 2.24) is 39.7 Å². The van der Waals surface area contributed by atoms with Crippen LogP contribution in [-0.2, 0) is 19.0 Å². The molecule has 0 bridgehead atoms. The highest BCUT2D eigenvalue weighted by Crippen LogP contribution is 2.25. The summed E-state index contributed by atoms with van der Waals surface area (Å²) >= 11 is 0. The second-order valence-corrected chi connectivity index (χ2v) is 8.06. The molecule has 138 valence electrons. The SMILES string of the molecule is CN(Cc1cnnn1C)C1CN(c2ccc3nnc(C(C)(C)C)n3n2)C1. The van der Waals surface area contributed by atoms with Gasteiger partial charge in [0.25, 0.3) is 0 Å². The van der Waals surface area contributed by atoms with Gasteiger partial charge in [-0.1, -0.05) is 26.0 Å². The van der Waals surface area contributed by atoms with Gasteiger partial charge in [-0.3, -0.25) is 9.58 Å². The number of hydrogen-bond acceptors (Lipinski definition) is 7. The molecule has 0 spiro atoms. The van der Waals surface area contributed by atoms with E-state index in [1.54, 1.807) is 0 Å². The van der Waals surface area contributed by atoms with E-state index in [0.717, 1.165) is 42.6 Å². The van der Waals surface area contributed by atoms with Crippen LogP contribution < -0.4 is 4.90 Å². The standard InChI is InChI=1S/C17H25N9/c1-17(2,3)16-20-19-14-6-7-15(21-26(14)16)25-10-13(11-25)23(4)9-12-8-18-22-24(12)5/h6-8,13H,9-11H2,1-5H3. The molecule has 26 heavy (non-hydrogen) atoms. The number of hydrogen-bond donors (Lipinski definition) is 0. The smallest absolute Gasteiger partial charge is 0.178 e. The van der Waals surface area contributed by atoms with Crippen LogP contribution in [0.15, 0.2) is 18.3 Å². The molecule has 4 heterocycles. The molecular weight excluding hydrogens is 330 g/mol. The second-order valence-electron chi connectivity index (χ2n) is 8.06. The zero-order chi connectivity index (χ0) is 18.5. The first kappa shape index (κ1) is 16.9. The van der Waals surface area contributed by atoms with E-state index in [0.29, 0.717) is 6.04 Å². The zero-order valence-corrected chi connectivity index (χ0v) is 16.0. The van der Waals surface area contributed by atoms with E-state index in [9.17, 15) is 0 Å². The monoisotopic (exact) mass is 355 g/mol. The predicted molar refractivity (Wildman–Crippen MR) is 98.0 cm³/mol. The molecule has 9 heteroatoms. The number of rotatable bonds is 4. The summed E-state index contributed by atoms with van der Waals surface area (Å²) in [6.07, 6.45) is 1.82. The molecule has 0 aromatic carbocycles. The second kappa shape index (κ2) is 6.01. The summed E-state index contributed by atoms with van der Waals surface area (Å²) in [4.78, 5) is 4.63. The maximum atomic E-state index is 4.78. The summed E-state index contributed by atoms with van der Waals surface area (Å²) in [7, 11) is 4.07. The van der Waals surface area contributed by atoms with Crippen molar-refractivity contribution in [3.8, 4) is 0 Å². The molecule has 0 unspecified atom stereocenters. The Morgan fingerprint density at radius 1 is 1.19 bits per heavy atom. The van der Waals surface area contributed by atoms with Crippen LogP contribution in [0.25, 0.3) is 5.65 Å². The van der Waals surface area contributed by atoms with Crippen molar-refractivity contribution < 1.29 is 0 Å². The average molecular weight is 355 g/mol. The lowest BCUT2D eigenvalue weighted by molar-refractivity contribution is 0.192. The fraction of sp³-hybridized carbons (Fsp3) is 0.588. The van der Waals surface area contributed by atoms with Gasteiger partial charge in [0.1, 0.15) is 5.82 Å². The van der Waals surface area contributed by atoms with Crippen molar-refractivity contribution in [2.75, 3.05) is 25.0 Å². The molecule has 1 saturated heterocycles. The van der Waals surface area contributed by atoms with Gasteiger partial charge in [0.15, 0.2) is 11.5 Å². The summed E-state index contributed by atoms with van der Waals surface area (Å²) in [5.74, 6) is 1.85. The third kappa shape index (κ3) is 2.92. The first-order chi connectivity index (χ1) is 12.3. The molecule has 3 aromatic heterocycles. The number of nitrogens with zero attached hydrogens (tertiary/aromatic N) is 9. The van der Waals surface area contributed by atoms with E-state index in [1.807, 2.05) is 34.6 Å². The van der Waals surface area contributed by atoms with Gasteiger partial charge in [-0.05, 0) is 19.2 Å². The molecule has 0 saturated carbocycles. The minimum Gasteiger partial charge on any atom is -0.352 e. The minimum atomic E-state index is -0.0973. The molecule has 0 atom stereocenters. The predicted octanol–water partition coefficient (Wildman–Crippen LogP) is 0.871. The highest BCUT2D eigenvalue weighted by molar-refractivity contribution is 5.48. The fourth-order valence-electron chi connectivity index (χ4n) is 3.18.